The third-order valence-corrected chi connectivity index (χ3v) is 7.53. The molecule has 1 heterocycles. The van der Waals surface area contributed by atoms with Crippen LogP contribution in [0.3, 0.4) is 0 Å². The minimum absolute atomic E-state index is 0.0601. The number of carbonyl (C=O) groups excluding carboxylic acids is 1. The number of hydrogen-bond acceptors (Lipinski definition) is 5. The van der Waals surface area contributed by atoms with Crippen molar-refractivity contribution in [2.24, 2.45) is 0 Å². The summed E-state index contributed by atoms with van der Waals surface area (Å²) >= 11 is 7.11. The number of amides is 1. The van der Waals surface area contributed by atoms with Crippen LogP contribution >= 0.6 is 22.9 Å². The summed E-state index contributed by atoms with van der Waals surface area (Å²) in [6.07, 6.45) is 2.24. The maximum atomic E-state index is 12.8. The first-order valence-corrected chi connectivity index (χ1v) is 10.2. The Balaban J connectivity index is 1.81. The molecule has 128 valence electrons. The van der Waals surface area contributed by atoms with E-state index < -0.39 is 20.5 Å². The largest absolute Gasteiger partial charge is 0.301 e. The molecule has 1 amide bonds. The number of anilines is 1. The van der Waals surface area contributed by atoms with Gasteiger partial charge in [-0.25, -0.2) is 13.4 Å². The van der Waals surface area contributed by atoms with Gasteiger partial charge >= 0.3 is 0 Å². The fourth-order valence-corrected chi connectivity index (χ4v) is 4.48. The Morgan fingerprint density at radius 2 is 1.92 bits per heavy atom. The van der Waals surface area contributed by atoms with E-state index in [0.29, 0.717) is 16.1 Å². The minimum atomic E-state index is -3.87. The molecular formula is C16H17ClN2O3S2. The lowest BCUT2D eigenvalue weighted by Gasteiger charge is -2.23. The van der Waals surface area contributed by atoms with Crippen molar-refractivity contribution in [3.63, 3.8) is 0 Å². The summed E-state index contributed by atoms with van der Waals surface area (Å²) in [5.41, 5.74) is 0.966. The zero-order valence-electron chi connectivity index (χ0n) is 13.2. The summed E-state index contributed by atoms with van der Waals surface area (Å²) in [5, 5.41) is 5.41. The molecule has 1 fully saturated rings. The highest BCUT2D eigenvalue weighted by Crippen LogP contribution is 2.41. The van der Waals surface area contributed by atoms with Gasteiger partial charge in [0.15, 0.2) is 15.0 Å². The van der Waals surface area contributed by atoms with Crippen molar-refractivity contribution in [2.45, 2.75) is 42.2 Å². The predicted molar refractivity (Wildman–Crippen MR) is 95.4 cm³/mol. The summed E-state index contributed by atoms with van der Waals surface area (Å²) in [6.45, 7) is 2.78. The van der Waals surface area contributed by atoms with Crippen molar-refractivity contribution >= 4 is 43.8 Å². The molecule has 1 aromatic heterocycles. The molecule has 0 radical (unpaired) electrons. The van der Waals surface area contributed by atoms with E-state index in [0.717, 1.165) is 18.5 Å². The monoisotopic (exact) mass is 384 g/mol. The zero-order valence-corrected chi connectivity index (χ0v) is 15.6. The standard InChI is InChI=1S/C16H17ClN2O3S2/c1-16(2,24(21,22)12-7-5-11(17)6-8-12)14(20)19-15-18-13(9-23-15)10-3-4-10/h5-10H,3-4H2,1-2H3,(H,18,19,20). The number of halogens is 1. The third kappa shape index (κ3) is 3.20. The smallest absolute Gasteiger partial charge is 0.247 e. The van der Waals surface area contributed by atoms with Gasteiger partial charge in [-0.05, 0) is 51.0 Å². The second kappa shape index (κ2) is 6.13. The van der Waals surface area contributed by atoms with Gasteiger partial charge in [0.05, 0.1) is 10.6 Å². The normalized spacial score (nSPS) is 15.3. The maximum Gasteiger partial charge on any atom is 0.247 e. The van der Waals surface area contributed by atoms with Crippen LogP contribution in [0.4, 0.5) is 5.13 Å². The Kier molecular flexibility index (Phi) is 4.44. The number of rotatable bonds is 5. The molecule has 8 heteroatoms. The first kappa shape index (κ1) is 17.4. The van der Waals surface area contributed by atoms with E-state index in [1.54, 1.807) is 0 Å². The predicted octanol–water partition coefficient (Wildman–Crippen LogP) is 3.86. The fourth-order valence-electron chi connectivity index (χ4n) is 2.19. The van der Waals surface area contributed by atoms with Crippen LogP contribution in [-0.2, 0) is 14.6 Å². The van der Waals surface area contributed by atoms with Crippen molar-refractivity contribution in [1.82, 2.24) is 4.98 Å². The quantitative estimate of drug-likeness (QED) is 0.849. The van der Waals surface area contributed by atoms with Gasteiger partial charge in [-0.3, -0.25) is 4.79 Å². The average molecular weight is 385 g/mol. The van der Waals surface area contributed by atoms with E-state index in [2.05, 4.69) is 10.3 Å². The first-order valence-electron chi connectivity index (χ1n) is 7.49. The molecule has 0 spiro atoms. The van der Waals surface area contributed by atoms with Crippen molar-refractivity contribution in [3.8, 4) is 0 Å². The summed E-state index contributed by atoms with van der Waals surface area (Å²) in [5.74, 6) is -0.119. The fraction of sp³-hybridized carbons (Fsp3) is 0.375. The highest BCUT2D eigenvalue weighted by atomic mass is 35.5. The molecule has 1 aromatic carbocycles. The molecule has 2 aromatic rings. The van der Waals surface area contributed by atoms with Crippen molar-refractivity contribution < 1.29 is 13.2 Å². The van der Waals surface area contributed by atoms with E-state index in [4.69, 9.17) is 11.6 Å². The molecule has 0 aliphatic heterocycles. The Morgan fingerprint density at radius 3 is 2.50 bits per heavy atom. The molecule has 0 unspecified atom stereocenters. The Labute approximate surface area is 150 Å². The van der Waals surface area contributed by atoms with Crippen molar-refractivity contribution in [3.05, 3.63) is 40.4 Å². The van der Waals surface area contributed by atoms with Crippen molar-refractivity contribution in [2.75, 3.05) is 5.32 Å². The molecule has 3 rings (SSSR count). The molecule has 0 atom stereocenters. The number of aromatic nitrogens is 1. The maximum absolute atomic E-state index is 12.8. The molecular weight excluding hydrogens is 368 g/mol. The molecule has 1 N–H and O–H groups in total. The molecule has 1 aliphatic carbocycles. The van der Waals surface area contributed by atoms with Gasteiger partial charge in [-0.1, -0.05) is 11.6 Å². The van der Waals surface area contributed by atoms with Gasteiger partial charge in [0.1, 0.15) is 4.75 Å². The van der Waals surface area contributed by atoms with E-state index >= 15 is 0 Å². The summed E-state index contributed by atoms with van der Waals surface area (Å²) < 4.78 is 24.0. The van der Waals surface area contributed by atoms with E-state index in [9.17, 15) is 13.2 Å². The second-order valence-corrected chi connectivity index (χ2v) is 10.1. The van der Waals surface area contributed by atoms with Gasteiger partial charge in [-0.2, -0.15) is 0 Å². The van der Waals surface area contributed by atoms with Crippen LogP contribution in [0.25, 0.3) is 0 Å². The van der Waals surface area contributed by atoms with Crippen LogP contribution < -0.4 is 5.32 Å². The highest BCUT2D eigenvalue weighted by Gasteiger charge is 2.43. The topological polar surface area (TPSA) is 76.1 Å². The van der Waals surface area contributed by atoms with Crippen LogP contribution in [0.5, 0.6) is 0 Å². The summed E-state index contributed by atoms with van der Waals surface area (Å²) in [7, 11) is -3.87. The number of sulfone groups is 1. The van der Waals surface area contributed by atoms with Gasteiger partial charge in [0, 0.05) is 16.3 Å². The lowest BCUT2D eigenvalue weighted by atomic mass is 10.2. The second-order valence-electron chi connectivity index (χ2n) is 6.27. The van der Waals surface area contributed by atoms with E-state index in [1.165, 1.54) is 49.4 Å². The van der Waals surface area contributed by atoms with E-state index in [-0.39, 0.29) is 4.90 Å². The third-order valence-electron chi connectivity index (χ3n) is 4.08. The number of carbonyl (C=O) groups is 1. The van der Waals surface area contributed by atoms with E-state index in [1.807, 2.05) is 5.38 Å². The summed E-state index contributed by atoms with van der Waals surface area (Å²) in [6, 6.07) is 5.79. The van der Waals surface area contributed by atoms with Crippen LogP contribution in [0.15, 0.2) is 34.5 Å². The minimum Gasteiger partial charge on any atom is -0.301 e. The SMILES string of the molecule is CC(C)(C(=O)Nc1nc(C2CC2)cs1)S(=O)(=O)c1ccc(Cl)cc1. The lowest BCUT2D eigenvalue weighted by Crippen LogP contribution is -2.44. The molecule has 0 bridgehead atoms. The van der Waals surface area contributed by atoms with Gasteiger partial charge in [0.25, 0.3) is 0 Å². The number of nitrogens with zero attached hydrogens (tertiary/aromatic N) is 1. The van der Waals surface area contributed by atoms with Crippen LogP contribution in [0.1, 0.15) is 38.3 Å². The van der Waals surface area contributed by atoms with Gasteiger partial charge in [0.2, 0.25) is 5.91 Å². The summed E-state index contributed by atoms with van der Waals surface area (Å²) in [4.78, 5) is 17.0. The molecule has 0 saturated heterocycles. The lowest BCUT2D eigenvalue weighted by molar-refractivity contribution is -0.117. The highest BCUT2D eigenvalue weighted by molar-refractivity contribution is 7.93. The van der Waals surface area contributed by atoms with Crippen LogP contribution in [0.2, 0.25) is 5.02 Å². The van der Waals surface area contributed by atoms with Crippen LogP contribution in [0, 0.1) is 0 Å². The Bertz CT molecular complexity index is 869. The number of nitrogens with one attached hydrogen (secondary N) is 1. The molecule has 24 heavy (non-hydrogen) atoms. The zero-order chi connectivity index (χ0) is 17.5. The van der Waals surface area contributed by atoms with Crippen LogP contribution in [-0.4, -0.2) is 24.1 Å². The average Bonchev–Trinajstić information content (AvgIpc) is 3.27. The number of benzene rings is 1. The van der Waals surface area contributed by atoms with Gasteiger partial charge < -0.3 is 5.32 Å². The Hall–Kier alpha value is -1.44. The molecule has 1 saturated carbocycles. The number of hydrogen-bond donors (Lipinski definition) is 1. The van der Waals surface area contributed by atoms with Gasteiger partial charge in [-0.15, -0.1) is 11.3 Å². The number of thiazole rings is 1. The Morgan fingerprint density at radius 1 is 1.29 bits per heavy atom. The molecule has 1 aliphatic rings. The first-order chi connectivity index (χ1) is 11.2. The molecule has 5 nitrogen and oxygen atoms in total. The van der Waals surface area contributed by atoms with Crippen molar-refractivity contribution in [1.29, 1.82) is 0 Å².